The van der Waals surface area contributed by atoms with Gasteiger partial charge in [-0.15, -0.1) is 0 Å². The Hall–Kier alpha value is -2.37. The lowest BCUT2D eigenvalue weighted by Crippen LogP contribution is -2.42. The molecule has 27 heavy (non-hydrogen) atoms. The lowest BCUT2D eigenvalue weighted by atomic mass is 10.1. The van der Waals surface area contributed by atoms with Crippen molar-refractivity contribution in [2.24, 2.45) is 0 Å². The minimum absolute atomic E-state index is 0.318. The number of benzene rings is 2. The lowest BCUT2D eigenvalue weighted by molar-refractivity contribution is -0.138. The van der Waals surface area contributed by atoms with E-state index in [0.717, 1.165) is 44.2 Å². The highest BCUT2D eigenvalue weighted by Gasteiger charge is 2.12. The van der Waals surface area contributed by atoms with Crippen molar-refractivity contribution in [2.75, 3.05) is 26.2 Å². The summed E-state index contributed by atoms with van der Waals surface area (Å²) in [6.07, 6.45) is 0. The van der Waals surface area contributed by atoms with Crippen molar-refractivity contribution in [2.45, 2.75) is 32.9 Å². The van der Waals surface area contributed by atoms with Gasteiger partial charge in [-0.2, -0.15) is 0 Å². The molecule has 5 heteroatoms. The molecule has 0 bridgehead atoms. The van der Waals surface area contributed by atoms with Gasteiger partial charge in [0.05, 0.1) is 0 Å². The quantitative estimate of drug-likeness (QED) is 0.811. The van der Waals surface area contributed by atoms with Crippen molar-refractivity contribution >= 4 is 6.47 Å². The summed E-state index contributed by atoms with van der Waals surface area (Å²) in [6, 6.07) is 18.3. The first-order chi connectivity index (χ1) is 13.0. The molecule has 0 radical (unpaired) electrons. The van der Waals surface area contributed by atoms with E-state index in [-0.39, 0.29) is 5.60 Å². The average molecular weight is 370 g/mol. The van der Waals surface area contributed by atoms with Gasteiger partial charge in [-0.25, -0.2) is 0 Å². The van der Waals surface area contributed by atoms with E-state index < -0.39 is 0 Å². The molecule has 3 rings (SSSR count). The highest BCUT2D eigenvalue weighted by Crippen LogP contribution is 2.26. The predicted octanol–water partition coefficient (Wildman–Crippen LogP) is 3.84. The van der Waals surface area contributed by atoms with Gasteiger partial charge in [-0.1, -0.05) is 36.4 Å². The Morgan fingerprint density at radius 1 is 1.00 bits per heavy atom. The Kier molecular flexibility index (Phi) is 8.30. The number of piperazine rings is 1. The summed E-state index contributed by atoms with van der Waals surface area (Å²) in [5.74, 6) is 1.84. The molecule has 1 aliphatic heterocycles. The molecule has 1 heterocycles. The normalized spacial score (nSPS) is 14.6. The number of para-hydroxylation sites is 2. The predicted molar refractivity (Wildman–Crippen MR) is 108 cm³/mol. The molecule has 5 nitrogen and oxygen atoms in total. The SMILES string of the molecule is CC(C)(C)OC=O.c1ccc(Oc2ccccc2CN2CCNCC2)cc1. The minimum atomic E-state index is -0.318. The van der Waals surface area contributed by atoms with Crippen LogP contribution in [0.2, 0.25) is 0 Å². The van der Waals surface area contributed by atoms with Crippen LogP contribution >= 0.6 is 0 Å². The van der Waals surface area contributed by atoms with E-state index in [0.29, 0.717) is 6.47 Å². The second kappa shape index (κ2) is 10.7. The van der Waals surface area contributed by atoms with Crippen LogP contribution in [0.5, 0.6) is 11.5 Å². The number of rotatable bonds is 5. The van der Waals surface area contributed by atoms with Crippen molar-refractivity contribution in [3.05, 3.63) is 60.2 Å². The summed E-state index contributed by atoms with van der Waals surface area (Å²) in [5.41, 5.74) is 0.931. The van der Waals surface area contributed by atoms with Crippen molar-refractivity contribution in [3.8, 4) is 11.5 Å². The molecule has 0 aliphatic carbocycles. The molecule has 0 spiro atoms. The van der Waals surface area contributed by atoms with Gasteiger partial charge in [-0.05, 0) is 39.0 Å². The Bertz CT molecular complexity index is 677. The molecule has 1 aliphatic rings. The molecule has 0 saturated carbocycles. The number of carbonyl (C=O) groups is 1. The van der Waals surface area contributed by atoms with Crippen LogP contribution in [0, 0.1) is 0 Å². The minimum Gasteiger partial charge on any atom is -0.462 e. The molecular formula is C22H30N2O3. The van der Waals surface area contributed by atoms with E-state index in [9.17, 15) is 4.79 Å². The second-order valence-corrected chi connectivity index (χ2v) is 7.38. The largest absolute Gasteiger partial charge is 0.462 e. The summed E-state index contributed by atoms with van der Waals surface area (Å²) in [7, 11) is 0. The number of nitrogens with one attached hydrogen (secondary N) is 1. The summed E-state index contributed by atoms with van der Waals surface area (Å²) >= 11 is 0. The number of hydrogen-bond donors (Lipinski definition) is 1. The van der Waals surface area contributed by atoms with Crippen LogP contribution in [-0.4, -0.2) is 43.2 Å². The third-order valence-electron chi connectivity index (χ3n) is 3.95. The third kappa shape index (κ3) is 8.24. The highest BCUT2D eigenvalue weighted by atomic mass is 16.5. The molecule has 1 fully saturated rings. The average Bonchev–Trinajstić information content (AvgIpc) is 2.65. The molecule has 1 saturated heterocycles. The first-order valence-corrected chi connectivity index (χ1v) is 9.33. The van der Waals surface area contributed by atoms with Crippen LogP contribution in [0.1, 0.15) is 26.3 Å². The Morgan fingerprint density at radius 2 is 1.63 bits per heavy atom. The maximum absolute atomic E-state index is 9.60. The van der Waals surface area contributed by atoms with E-state index in [1.165, 1.54) is 5.56 Å². The van der Waals surface area contributed by atoms with Crippen LogP contribution in [-0.2, 0) is 16.1 Å². The Labute approximate surface area is 162 Å². The first-order valence-electron chi connectivity index (χ1n) is 9.33. The summed E-state index contributed by atoms with van der Waals surface area (Å²) in [4.78, 5) is 12.1. The molecule has 0 aromatic heterocycles. The lowest BCUT2D eigenvalue weighted by Gasteiger charge is -2.27. The van der Waals surface area contributed by atoms with Gasteiger partial charge in [0.1, 0.15) is 17.1 Å². The maximum Gasteiger partial charge on any atom is 0.293 e. The van der Waals surface area contributed by atoms with E-state index in [2.05, 4.69) is 27.1 Å². The van der Waals surface area contributed by atoms with Crippen LogP contribution in [0.25, 0.3) is 0 Å². The zero-order chi connectivity index (χ0) is 19.5. The standard InChI is InChI=1S/C17H20N2O.C5H10O2/c1-2-7-16(8-3-1)20-17-9-5-4-6-15(17)14-19-12-10-18-11-13-19;1-5(2,3)7-4-6/h1-9,18H,10-14H2;4H,1-3H3. The molecule has 2 aromatic rings. The second-order valence-electron chi connectivity index (χ2n) is 7.38. The van der Waals surface area contributed by atoms with Gasteiger partial charge in [0.25, 0.3) is 6.47 Å². The molecule has 1 N–H and O–H groups in total. The van der Waals surface area contributed by atoms with Crippen molar-refractivity contribution in [1.82, 2.24) is 10.2 Å². The smallest absolute Gasteiger partial charge is 0.293 e. The van der Waals surface area contributed by atoms with Gasteiger partial charge in [0, 0.05) is 38.3 Å². The Morgan fingerprint density at radius 3 is 2.22 bits per heavy atom. The Balaban J connectivity index is 0.000000321. The van der Waals surface area contributed by atoms with Gasteiger partial charge < -0.3 is 14.8 Å². The molecule has 2 aromatic carbocycles. The van der Waals surface area contributed by atoms with Crippen LogP contribution in [0.4, 0.5) is 0 Å². The fourth-order valence-electron chi connectivity index (χ4n) is 2.60. The summed E-state index contributed by atoms with van der Waals surface area (Å²) in [5, 5.41) is 3.38. The van der Waals surface area contributed by atoms with Crippen molar-refractivity contribution in [1.29, 1.82) is 0 Å². The van der Waals surface area contributed by atoms with Crippen LogP contribution in [0.3, 0.4) is 0 Å². The van der Waals surface area contributed by atoms with E-state index in [1.807, 2.05) is 63.2 Å². The zero-order valence-electron chi connectivity index (χ0n) is 16.5. The number of carbonyl (C=O) groups excluding carboxylic acids is 1. The molecule has 0 atom stereocenters. The fourth-order valence-corrected chi connectivity index (χ4v) is 2.60. The maximum atomic E-state index is 9.60. The van der Waals surface area contributed by atoms with Gasteiger partial charge in [-0.3, -0.25) is 9.69 Å². The number of hydrogen-bond acceptors (Lipinski definition) is 5. The van der Waals surface area contributed by atoms with Crippen LogP contribution in [0.15, 0.2) is 54.6 Å². The zero-order valence-corrected chi connectivity index (χ0v) is 16.5. The van der Waals surface area contributed by atoms with Gasteiger partial charge in [0.15, 0.2) is 0 Å². The third-order valence-corrected chi connectivity index (χ3v) is 3.95. The van der Waals surface area contributed by atoms with Crippen molar-refractivity contribution in [3.63, 3.8) is 0 Å². The van der Waals surface area contributed by atoms with E-state index in [4.69, 9.17) is 4.74 Å². The fraction of sp³-hybridized carbons (Fsp3) is 0.409. The number of nitrogens with zero attached hydrogens (tertiary/aromatic N) is 1. The monoisotopic (exact) mass is 370 g/mol. The number of ether oxygens (including phenoxy) is 2. The molecule has 0 amide bonds. The summed E-state index contributed by atoms with van der Waals surface area (Å²) in [6.45, 7) is 11.2. The van der Waals surface area contributed by atoms with Crippen molar-refractivity contribution < 1.29 is 14.3 Å². The van der Waals surface area contributed by atoms with Gasteiger partial charge in [0.2, 0.25) is 0 Å². The van der Waals surface area contributed by atoms with Gasteiger partial charge >= 0.3 is 0 Å². The van der Waals surface area contributed by atoms with Crippen LogP contribution < -0.4 is 10.1 Å². The first kappa shape index (κ1) is 20.9. The molecule has 146 valence electrons. The topological polar surface area (TPSA) is 50.8 Å². The molecule has 0 unspecified atom stereocenters. The summed E-state index contributed by atoms with van der Waals surface area (Å²) < 4.78 is 10.6. The molecular weight excluding hydrogens is 340 g/mol. The van der Waals surface area contributed by atoms with E-state index in [1.54, 1.807) is 0 Å². The van der Waals surface area contributed by atoms with E-state index >= 15 is 0 Å². The highest BCUT2D eigenvalue weighted by molar-refractivity contribution is 5.38.